The number of hydrogen-bond acceptors (Lipinski definition) is 6. The molecule has 1 fully saturated rings. The fraction of sp³-hybridized carbons (Fsp3) is 0.200. The molecule has 142 valence electrons. The van der Waals surface area contributed by atoms with Gasteiger partial charge < -0.3 is 4.74 Å². The first-order valence-corrected chi connectivity index (χ1v) is 9.38. The third kappa shape index (κ3) is 2.72. The molecule has 2 aliphatic heterocycles. The predicted molar refractivity (Wildman–Crippen MR) is 108 cm³/mol. The van der Waals surface area contributed by atoms with Gasteiger partial charge in [0, 0.05) is 11.4 Å². The number of ketones is 1. The van der Waals surface area contributed by atoms with E-state index in [0.717, 1.165) is 9.37 Å². The maximum atomic E-state index is 13.3. The highest BCUT2D eigenvalue weighted by atomic mass is 79.9. The number of carbonyl (C=O) groups excluding carboxylic acids is 3. The highest BCUT2D eigenvalue weighted by Crippen LogP contribution is 2.40. The van der Waals surface area contributed by atoms with Crippen LogP contribution < -0.4 is 14.6 Å². The number of methoxy groups -OCH3 is 1. The number of para-hydroxylation sites is 2. The van der Waals surface area contributed by atoms with E-state index in [4.69, 9.17) is 4.74 Å². The maximum Gasteiger partial charge on any atom is 0.260 e. The zero-order valence-corrected chi connectivity index (χ0v) is 16.7. The van der Waals surface area contributed by atoms with Crippen molar-refractivity contribution in [2.75, 3.05) is 17.0 Å². The normalized spacial score (nSPS) is 21.0. The first-order chi connectivity index (χ1) is 13.4. The van der Waals surface area contributed by atoms with E-state index in [9.17, 15) is 14.4 Å². The van der Waals surface area contributed by atoms with E-state index in [2.05, 4.69) is 21.0 Å². The van der Waals surface area contributed by atoms with E-state index >= 15 is 0 Å². The monoisotopic (exact) mass is 441 g/mol. The molecule has 2 aromatic rings. The number of hydrogen-bond donors (Lipinski definition) is 0. The van der Waals surface area contributed by atoms with Gasteiger partial charge in [-0.2, -0.15) is 5.10 Å². The van der Waals surface area contributed by atoms with Crippen LogP contribution in [0.2, 0.25) is 0 Å². The molecule has 2 aromatic carbocycles. The zero-order chi connectivity index (χ0) is 20.0. The summed E-state index contributed by atoms with van der Waals surface area (Å²) in [5.74, 6) is -1.80. The van der Waals surface area contributed by atoms with Gasteiger partial charge in [0.15, 0.2) is 5.78 Å². The molecule has 2 aliphatic rings. The number of imide groups is 1. The molecule has 0 N–H and O–H groups in total. The summed E-state index contributed by atoms with van der Waals surface area (Å²) in [7, 11) is 1.47. The van der Waals surface area contributed by atoms with Crippen LogP contribution in [0.1, 0.15) is 6.92 Å². The van der Waals surface area contributed by atoms with Gasteiger partial charge in [0.1, 0.15) is 23.4 Å². The molecule has 0 aliphatic carbocycles. The minimum absolute atomic E-state index is 0.0867. The van der Waals surface area contributed by atoms with Gasteiger partial charge >= 0.3 is 0 Å². The average Bonchev–Trinajstić information content (AvgIpc) is 3.20. The van der Waals surface area contributed by atoms with Crippen molar-refractivity contribution in [3.8, 4) is 5.75 Å². The van der Waals surface area contributed by atoms with E-state index in [1.165, 1.54) is 19.0 Å². The van der Waals surface area contributed by atoms with Gasteiger partial charge in [-0.15, -0.1) is 0 Å². The van der Waals surface area contributed by atoms with E-state index in [1.807, 2.05) is 12.1 Å². The quantitative estimate of drug-likeness (QED) is 0.681. The van der Waals surface area contributed by atoms with Crippen molar-refractivity contribution in [1.82, 2.24) is 0 Å². The van der Waals surface area contributed by atoms with Gasteiger partial charge in [0.05, 0.1) is 18.5 Å². The van der Waals surface area contributed by atoms with Crippen LogP contribution in [0, 0.1) is 5.92 Å². The second-order valence-corrected chi connectivity index (χ2v) is 7.38. The molecular formula is C20H16BrN3O4. The summed E-state index contributed by atoms with van der Waals surface area (Å²) in [6, 6.07) is 13.1. The van der Waals surface area contributed by atoms with Crippen LogP contribution in [0.3, 0.4) is 0 Å². The number of rotatable bonds is 4. The number of halogens is 1. The molecule has 0 bridgehead atoms. The molecule has 0 spiro atoms. The molecule has 8 heteroatoms. The van der Waals surface area contributed by atoms with E-state index in [0.29, 0.717) is 17.1 Å². The molecule has 28 heavy (non-hydrogen) atoms. The number of amides is 2. The van der Waals surface area contributed by atoms with Crippen LogP contribution in [0.25, 0.3) is 0 Å². The van der Waals surface area contributed by atoms with Crippen molar-refractivity contribution >= 4 is 50.6 Å². The molecule has 7 nitrogen and oxygen atoms in total. The minimum Gasteiger partial charge on any atom is -0.495 e. The van der Waals surface area contributed by atoms with Crippen LogP contribution in [-0.4, -0.2) is 36.5 Å². The number of ether oxygens (including phenoxy) is 1. The van der Waals surface area contributed by atoms with Crippen molar-refractivity contribution in [2.45, 2.75) is 13.0 Å². The largest absolute Gasteiger partial charge is 0.495 e. The highest BCUT2D eigenvalue weighted by Gasteiger charge is 2.58. The summed E-state index contributed by atoms with van der Waals surface area (Å²) in [5.41, 5.74) is 1.06. The molecule has 4 rings (SSSR count). The van der Waals surface area contributed by atoms with E-state index in [-0.39, 0.29) is 11.5 Å². The first kappa shape index (κ1) is 18.4. The molecule has 0 unspecified atom stereocenters. The van der Waals surface area contributed by atoms with Crippen LogP contribution in [-0.2, 0) is 14.4 Å². The fourth-order valence-corrected chi connectivity index (χ4v) is 3.83. The van der Waals surface area contributed by atoms with Gasteiger partial charge in [0.2, 0.25) is 5.91 Å². The minimum atomic E-state index is -0.946. The number of Topliss-reactive ketones (excluding diaryl/α,β-unsaturated/α-hetero) is 1. The SMILES string of the molecule is COc1ccccc1N1C(=O)[C@H]2C(C(C)=O)=NN(c3ccc(Br)cc3)[C@@H]2C1=O. The highest BCUT2D eigenvalue weighted by molar-refractivity contribution is 9.10. The third-order valence-corrected chi connectivity index (χ3v) is 5.36. The Bertz CT molecular complexity index is 1020. The maximum absolute atomic E-state index is 13.3. The Morgan fingerprint density at radius 1 is 1.07 bits per heavy atom. The summed E-state index contributed by atoms with van der Waals surface area (Å²) in [6.07, 6.45) is 0. The second-order valence-electron chi connectivity index (χ2n) is 6.47. The molecule has 2 amide bonds. The Morgan fingerprint density at radius 3 is 2.39 bits per heavy atom. The predicted octanol–water partition coefficient (Wildman–Crippen LogP) is 2.78. The van der Waals surface area contributed by atoms with Crippen LogP contribution in [0.5, 0.6) is 5.75 Å². The lowest BCUT2D eigenvalue weighted by molar-refractivity contribution is -0.122. The fourth-order valence-electron chi connectivity index (χ4n) is 3.56. The Kier molecular flexibility index (Phi) is 4.50. The lowest BCUT2D eigenvalue weighted by Gasteiger charge is -2.22. The Morgan fingerprint density at radius 2 is 1.75 bits per heavy atom. The lowest BCUT2D eigenvalue weighted by atomic mass is 9.95. The Balaban J connectivity index is 1.82. The van der Waals surface area contributed by atoms with E-state index in [1.54, 1.807) is 36.4 Å². The van der Waals surface area contributed by atoms with Gasteiger partial charge in [0.25, 0.3) is 5.91 Å². The van der Waals surface area contributed by atoms with Crippen molar-refractivity contribution in [3.63, 3.8) is 0 Å². The summed E-state index contributed by atoms with van der Waals surface area (Å²) in [5, 5.41) is 5.79. The Labute approximate surface area is 169 Å². The number of carbonyl (C=O) groups is 3. The summed E-state index contributed by atoms with van der Waals surface area (Å²) in [4.78, 5) is 39.8. The van der Waals surface area contributed by atoms with Gasteiger partial charge in [-0.05, 0) is 36.4 Å². The topological polar surface area (TPSA) is 79.3 Å². The number of fused-ring (bicyclic) bond motifs is 1. The number of benzene rings is 2. The lowest BCUT2D eigenvalue weighted by Crippen LogP contribution is -2.39. The molecular weight excluding hydrogens is 426 g/mol. The summed E-state index contributed by atoms with van der Waals surface area (Å²) >= 11 is 3.37. The summed E-state index contributed by atoms with van der Waals surface area (Å²) < 4.78 is 6.18. The smallest absolute Gasteiger partial charge is 0.260 e. The van der Waals surface area contributed by atoms with E-state index < -0.39 is 23.8 Å². The average molecular weight is 442 g/mol. The van der Waals surface area contributed by atoms with Crippen LogP contribution in [0.15, 0.2) is 58.1 Å². The third-order valence-electron chi connectivity index (χ3n) is 4.83. The van der Waals surface area contributed by atoms with Gasteiger partial charge in [-0.1, -0.05) is 28.1 Å². The van der Waals surface area contributed by atoms with Crippen molar-refractivity contribution in [3.05, 3.63) is 53.0 Å². The van der Waals surface area contributed by atoms with Crippen LogP contribution in [0.4, 0.5) is 11.4 Å². The Hall–Kier alpha value is -3.00. The van der Waals surface area contributed by atoms with Gasteiger partial charge in [-0.3, -0.25) is 19.4 Å². The summed E-state index contributed by atoms with van der Waals surface area (Å²) in [6.45, 7) is 1.35. The molecule has 0 aromatic heterocycles. The number of anilines is 2. The number of nitrogens with zero attached hydrogens (tertiary/aromatic N) is 3. The molecule has 0 radical (unpaired) electrons. The standard InChI is InChI=1S/C20H16BrN3O4/c1-11(25)17-16-18(24(22-17)13-9-7-12(21)8-10-13)20(27)23(19(16)26)14-5-3-4-6-15(14)28-2/h3-10,16,18H,1-2H3/t16-,18-/m0/s1. The molecule has 2 heterocycles. The molecule has 0 saturated carbocycles. The number of hydrazone groups is 1. The van der Waals surface area contributed by atoms with Gasteiger partial charge in [-0.25, -0.2) is 4.90 Å². The second kappa shape index (κ2) is 6.87. The zero-order valence-electron chi connectivity index (χ0n) is 15.1. The van der Waals surface area contributed by atoms with Crippen LogP contribution >= 0.6 is 15.9 Å². The van der Waals surface area contributed by atoms with Crippen molar-refractivity contribution in [1.29, 1.82) is 0 Å². The molecule has 1 saturated heterocycles. The molecule has 2 atom stereocenters. The first-order valence-electron chi connectivity index (χ1n) is 8.59. The van der Waals surface area contributed by atoms with Crippen molar-refractivity contribution < 1.29 is 19.1 Å². The van der Waals surface area contributed by atoms with Crippen molar-refractivity contribution in [2.24, 2.45) is 11.0 Å².